The Morgan fingerprint density at radius 1 is 1.46 bits per heavy atom. The van der Waals surface area contributed by atoms with Crippen molar-refractivity contribution in [3.05, 3.63) is 23.7 Å². The number of hydrogen-bond donors (Lipinski definition) is 0. The van der Waals surface area contributed by atoms with Crippen LogP contribution in [0.25, 0.3) is 0 Å². The van der Waals surface area contributed by atoms with E-state index < -0.39 is 0 Å². The largest absolute Gasteiger partial charge is 0.461 e. The van der Waals surface area contributed by atoms with Crippen LogP contribution in [0.1, 0.15) is 31.2 Å². The van der Waals surface area contributed by atoms with Crippen molar-refractivity contribution in [2.24, 2.45) is 0 Å². The van der Waals surface area contributed by atoms with E-state index in [0.29, 0.717) is 6.61 Å². The van der Waals surface area contributed by atoms with Crippen molar-refractivity contribution in [1.29, 1.82) is 0 Å². The van der Waals surface area contributed by atoms with Gasteiger partial charge in [-0.15, -0.1) is 0 Å². The molecule has 0 aliphatic carbocycles. The van der Waals surface area contributed by atoms with E-state index in [2.05, 4.69) is 6.92 Å². The molecule has 0 amide bonds. The number of aryl methyl sites for hydroxylation is 1. The molecule has 1 atom stereocenters. The van der Waals surface area contributed by atoms with Gasteiger partial charge in [-0.25, -0.2) is 0 Å². The first-order valence-corrected chi connectivity index (χ1v) is 4.48. The minimum absolute atomic E-state index is 0.367. The molecule has 0 bridgehead atoms. The Labute approximate surface area is 78.6 Å². The molecule has 0 N–H and O–H groups in total. The molecule has 0 spiro atoms. The summed E-state index contributed by atoms with van der Waals surface area (Å²) in [5.74, 6) is 1.60. The molecule has 3 nitrogen and oxygen atoms in total. The van der Waals surface area contributed by atoms with Crippen LogP contribution < -0.4 is 0 Å². The first-order valence-electron chi connectivity index (χ1n) is 4.48. The maximum absolute atomic E-state index is 5.42. The summed E-state index contributed by atoms with van der Waals surface area (Å²) in [4.78, 5) is 0. The molecule has 1 unspecified atom stereocenters. The third-order valence-electron chi connectivity index (χ3n) is 1.68. The van der Waals surface area contributed by atoms with Crippen molar-refractivity contribution >= 4 is 0 Å². The predicted molar refractivity (Wildman–Crippen MR) is 49.4 cm³/mol. The second kappa shape index (κ2) is 5.04. The van der Waals surface area contributed by atoms with Crippen molar-refractivity contribution < 1.29 is 13.9 Å². The van der Waals surface area contributed by atoms with Crippen LogP contribution in [0.2, 0.25) is 0 Å². The molecule has 1 aromatic heterocycles. The molecular formula is C10H16O3. The number of hydrogen-bond acceptors (Lipinski definition) is 3. The van der Waals surface area contributed by atoms with Crippen LogP contribution in [-0.2, 0) is 9.47 Å². The molecule has 0 aliphatic heterocycles. The van der Waals surface area contributed by atoms with E-state index in [9.17, 15) is 0 Å². The highest BCUT2D eigenvalue weighted by atomic mass is 16.7. The lowest BCUT2D eigenvalue weighted by molar-refractivity contribution is -0.138. The number of methoxy groups -OCH3 is 1. The van der Waals surface area contributed by atoms with Gasteiger partial charge in [0.1, 0.15) is 5.76 Å². The molecule has 13 heavy (non-hydrogen) atoms. The molecule has 3 heteroatoms. The molecule has 0 aromatic carbocycles. The van der Waals surface area contributed by atoms with Gasteiger partial charge in [-0.2, -0.15) is 0 Å². The highest BCUT2D eigenvalue weighted by Gasteiger charge is 2.13. The van der Waals surface area contributed by atoms with Crippen molar-refractivity contribution in [2.75, 3.05) is 13.7 Å². The zero-order valence-corrected chi connectivity index (χ0v) is 8.37. The quantitative estimate of drug-likeness (QED) is 0.659. The van der Waals surface area contributed by atoms with Crippen molar-refractivity contribution in [3.8, 4) is 0 Å². The molecule has 0 saturated carbocycles. The summed E-state index contributed by atoms with van der Waals surface area (Å²) in [6, 6.07) is 3.77. The minimum Gasteiger partial charge on any atom is -0.461 e. The lowest BCUT2D eigenvalue weighted by Gasteiger charge is -2.12. The van der Waals surface area contributed by atoms with Crippen LogP contribution in [0.3, 0.4) is 0 Å². The Morgan fingerprint density at radius 3 is 2.69 bits per heavy atom. The lowest BCUT2D eigenvalue weighted by atomic mass is 10.4. The Kier molecular flexibility index (Phi) is 3.99. The molecule has 0 saturated heterocycles. The van der Waals surface area contributed by atoms with Crippen LogP contribution in [-0.4, -0.2) is 13.7 Å². The van der Waals surface area contributed by atoms with Gasteiger partial charge in [-0.3, -0.25) is 0 Å². The topological polar surface area (TPSA) is 31.6 Å². The van der Waals surface area contributed by atoms with E-state index in [1.54, 1.807) is 7.11 Å². The third kappa shape index (κ3) is 2.86. The highest BCUT2D eigenvalue weighted by molar-refractivity contribution is 5.06. The van der Waals surface area contributed by atoms with E-state index in [1.165, 1.54) is 0 Å². The van der Waals surface area contributed by atoms with Crippen LogP contribution in [0, 0.1) is 6.92 Å². The number of furan rings is 1. The van der Waals surface area contributed by atoms with E-state index in [-0.39, 0.29) is 6.29 Å². The fourth-order valence-electron chi connectivity index (χ4n) is 1.07. The summed E-state index contributed by atoms with van der Waals surface area (Å²) in [7, 11) is 1.61. The summed E-state index contributed by atoms with van der Waals surface area (Å²) >= 11 is 0. The maximum atomic E-state index is 5.42. The van der Waals surface area contributed by atoms with Gasteiger partial charge in [0, 0.05) is 13.7 Å². The zero-order valence-electron chi connectivity index (χ0n) is 8.37. The average molecular weight is 184 g/mol. The fourth-order valence-corrected chi connectivity index (χ4v) is 1.07. The van der Waals surface area contributed by atoms with Gasteiger partial charge < -0.3 is 13.9 Å². The number of ether oxygens (including phenoxy) is 2. The molecule has 0 aliphatic rings. The van der Waals surface area contributed by atoms with Gasteiger partial charge in [0.15, 0.2) is 5.76 Å². The Bertz CT molecular complexity index is 242. The average Bonchev–Trinajstić information content (AvgIpc) is 2.54. The number of rotatable bonds is 5. The molecule has 1 aromatic rings. The van der Waals surface area contributed by atoms with E-state index in [1.807, 2.05) is 19.1 Å². The first-order chi connectivity index (χ1) is 6.27. The summed E-state index contributed by atoms with van der Waals surface area (Å²) in [5, 5.41) is 0. The first kappa shape index (κ1) is 10.3. The monoisotopic (exact) mass is 184 g/mol. The third-order valence-corrected chi connectivity index (χ3v) is 1.68. The van der Waals surface area contributed by atoms with Crippen molar-refractivity contribution in [1.82, 2.24) is 0 Å². The van der Waals surface area contributed by atoms with Gasteiger partial charge in [-0.05, 0) is 25.5 Å². The standard InChI is InChI=1S/C10H16O3/c1-4-7-12-10(11-3)9-6-5-8(2)13-9/h5-6,10H,4,7H2,1-3H3. The normalized spacial score (nSPS) is 13.2. The summed E-state index contributed by atoms with van der Waals surface area (Å²) in [5.41, 5.74) is 0. The Balaban J connectivity index is 2.56. The lowest BCUT2D eigenvalue weighted by Crippen LogP contribution is -2.06. The molecule has 0 fully saturated rings. The summed E-state index contributed by atoms with van der Waals surface area (Å²) in [6.07, 6.45) is 0.605. The smallest absolute Gasteiger partial charge is 0.216 e. The second-order valence-corrected chi connectivity index (χ2v) is 2.89. The Morgan fingerprint density at radius 2 is 2.23 bits per heavy atom. The van der Waals surface area contributed by atoms with Crippen LogP contribution in [0.5, 0.6) is 0 Å². The SMILES string of the molecule is CCCOC(OC)c1ccc(C)o1. The molecule has 1 rings (SSSR count). The van der Waals surface area contributed by atoms with Crippen LogP contribution in [0.15, 0.2) is 16.5 Å². The van der Waals surface area contributed by atoms with Crippen molar-refractivity contribution in [3.63, 3.8) is 0 Å². The molecule has 0 radical (unpaired) electrons. The van der Waals surface area contributed by atoms with Gasteiger partial charge in [0.05, 0.1) is 0 Å². The fraction of sp³-hybridized carbons (Fsp3) is 0.600. The van der Waals surface area contributed by atoms with E-state index >= 15 is 0 Å². The van der Waals surface area contributed by atoms with Gasteiger partial charge >= 0.3 is 0 Å². The molecule has 74 valence electrons. The van der Waals surface area contributed by atoms with Crippen LogP contribution >= 0.6 is 0 Å². The summed E-state index contributed by atoms with van der Waals surface area (Å²) in [6.45, 7) is 4.63. The van der Waals surface area contributed by atoms with E-state index in [0.717, 1.165) is 17.9 Å². The van der Waals surface area contributed by atoms with Gasteiger partial charge in [0.2, 0.25) is 6.29 Å². The molecular weight excluding hydrogens is 168 g/mol. The Hall–Kier alpha value is -0.800. The summed E-state index contributed by atoms with van der Waals surface area (Å²) < 4.78 is 15.9. The van der Waals surface area contributed by atoms with E-state index in [4.69, 9.17) is 13.9 Å². The zero-order chi connectivity index (χ0) is 9.68. The maximum Gasteiger partial charge on any atom is 0.216 e. The van der Waals surface area contributed by atoms with Gasteiger partial charge in [-0.1, -0.05) is 6.92 Å². The molecule has 1 heterocycles. The van der Waals surface area contributed by atoms with Crippen molar-refractivity contribution in [2.45, 2.75) is 26.6 Å². The highest BCUT2D eigenvalue weighted by Crippen LogP contribution is 2.20. The minimum atomic E-state index is -0.367. The van der Waals surface area contributed by atoms with Gasteiger partial charge in [0.25, 0.3) is 0 Å². The van der Waals surface area contributed by atoms with Crippen LogP contribution in [0.4, 0.5) is 0 Å². The second-order valence-electron chi connectivity index (χ2n) is 2.89. The predicted octanol–water partition coefficient (Wildman–Crippen LogP) is 2.66.